The summed E-state index contributed by atoms with van der Waals surface area (Å²) in [5, 5.41) is 6.52. The lowest BCUT2D eigenvalue weighted by Crippen LogP contribution is -2.13. The van der Waals surface area contributed by atoms with Crippen molar-refractivity contribution in [3.63, 3.8) is 0 Å². The van der Waals surface area contributed by atoms with Gasteiger partial charge in [-0.25, -0.2) is 0 Å². The number of hydrogen-bond acceptors (Lipinski definition) is 2. The highest BCUT2D eigenvalue weighted by Crippen LogP contribution is 2.30. The van der Waals surface area contributed by atoms with Gasteiger partial charge in [0.15, 0.2) is 0 Å². The van der Waals surface area contributed by atoms with E-state index in [1.54, 1.807) is 0 Å². The maximum Gasteiger partial charge on any atom is 0.0641 e. The normalized spacial score (nSPS) is 14.7. The third kappa shape index (κ3) is 1.45. The zero-order chi connectivity index (χ0) is 10.3. The Balaban J connectivity index is 2.32. The largest absolute Gasteiger partial charge is 0.383 e. The van der Waals surface area contributed by atoms with E-state index in [4.69, 9.17) is 11.6 Å². The average molecular weight is 219 g/mol. The van der Waals surface area contributed by atoms with Gasteiger partial charge in [-0.05, 0) is 25.0 Å². The molecule has 15 heavy (non-hydrogen) atoms. The Labute approximate surface area is 93.3 Å². The van der Waals surface area contributed by atoms with Crippen LogP contribution in [0, 0.1) is 0 Å². The monoisotopic (exact) mass is 218 g/mol. The molecule has 0 aliphatic carbocycles. The zero-order valence-corrected chi connectivity index (χ0v) is 9.01. The predicted molar refractivity (Wildman–Crippen MR) is 63.6 cm³/mol. The Hall–Kier alpha value is -1.28. The van der Waals surface area contributed by atoms with Crippen LogP contribution < -0.4 is 5.32 Å². The van der Waals surface area contributed by atoms with Crippen LogP contribution in [-0.2, 0) is 6.42 Å². The molecule has 0 bridgehead atoms. The van der Waals surface area contributed by atoms with E-state index in [1.165, 1.54) is 23.2 Å². The number of fused-ring (bicyclic) bond motifs is 3. The van der Waals surface area contributed by atoms with Crippen LogP contribution in [0.25, 0.3) is 10.8 Å². The Bertz CT molecular complexity index is 522. The number of nitrogens with one attached hydrogen (secondary N) is 1. The number of nitrogens with zero attached hydrogens (tertiary/aromatic N) is 1. The van der Waals surface area contributed by atoms with Gasteiger partial charge in [-0.3, -0.25) is 4.98 Å². The molecule has 2 aromatic rings. The second-order valence-electron chi connectivity index (χ2n) is 3.84. The first-order valence-corrected chi connectivity index (χ1v) is 5.53. The maximum atomic E-state index is 5.95. The molecule has 2 nitrogen and oxygen atoms in total. The number of aryl methyl sites for hydroxylation is 1. The molecule has 0 fully saturated rings. The van der Waals surface area contributed by atoms with Gasteiger partial charge in [-0.2, -0.15) is 0 Å². The molecular formula is C12H11ClN2. The summed E-state index contributed by atoms with van der Waals surface area (Å²) < 4.78 is 0. The van der Waals surface area contributed by atoms with Crippen LogP contribution in [0.4, 0.5) is 5.69 Å². The highest BCUT2D eigenvalue weighted by Gasteiger charge is 2.12. The third-order valence-electron chi connectivity index (χ3n) is 2.82. The minimum atomic E-state index is 0.764. The molecule has 1 aromatic heterocycles. The van der Waals surface area contributed by atoms with Crippen molar-refractivity contribution in [1.29, 1.82) is 0 Å². The number of benzene rings is 1. The quantitative estimate of drug-likeness (QED) is 0.734. The number of pyridine rings is 1. The minimum Gasteiger partial charge on any atom is -0.383 e. The van der Waals surface area contributed by atoms with Crippen molar-refractivity contribution in [2.75, 3.05) is 11.9 Å². The fraction of sp³-hybridized carbons (Fsp3) is 0.250. The van der Waals surface area contributed by atoms with Crippen LogP contribution in [0.2, 0.25) is 5.02 Å². The summed E-state index contributed by atoms with van der Waals surface area (Å²) in [4.78, 5) is 4.47. The highest BCUT2D eigenvalue weighted by atomic mass is 35.5. The number of anilines is 1. The molecule has 3 heteroatoms. The van der Waals surface area contributed by atoms with Gasteiger partial charge in [0.05, 0.1) is 11.4 Å². The number of aromatic nitrogens is 1. The summed E-state index contributed by atoms with van der Waals surface area (Å²) in [5.41, 5.74) is 2.37. The summed E-state index contributed by atoms with van der Waals surface area (Å²) in [6, 6.07) is 5.96. The molecule has 0 saturated heterocycles. The Morgan fingerprint density at radius 3 is 3.20 bits per heavy atom. The molecule has 76 valence electrons. The van der Waals surface area contributed by atoms with E-state index in [9.17, 15) is 0 Å². The fourth-order valence-corrected chi connectivity index (χ4v) is 2.27. The van der Waals surface area contributed by atoms with Gasteiger partial charge in [-0.1, -0.05) is 17.7 Å². The molecule has 2 heterocycles. The average Bonchev–Trinajstić information content (AvgIpc) is 2.28. The van der Waals surface area contributed by atoms with E-state index in [1.807, 2.05) is 18.3 Å². The van der Waals surface area contributed by atoms with E-state index in [0.717, 1.165) is 23.4 Å². The lowest BCUT2D eigenvalue weighted by molar-refractivity contribution is 0.806. The van der Waals surface area contributed by atoms with Crippen molar-refractivity contribution >= 4 is 28.1 Å². The molecule has 1 N–H and O–H groups in total. The van der Waals surface area contributed by atoms with Gasteiger partial charge in [0.25, 0.3) is 0 Å². The molecule has 0 amide bonds. The van der Waals surface area contributed by atoms with Gasteiger partial charge in [0.2, 0.25) is 0 Å². The lowest BCUT2D eigenvalue weighted by atomic mass is 10.0. The third-order valence-corrected chi connectivity index (χ3v) is 3.06. The molecule has 0 spiro atoms. The van der Waals surface area contributed by atoms with Crippen molar-refractivity contribution in [2.24, 2.45) is 0 Å². The minimum absolute atomic E-state index is 0.764. The first-order chi connectivity index (χ1) is 7.34. The van der Waals surface area contributed by atoms with Crippen molar-refractivity contribution in [1.82, 2.24) is 4.98 Å². The number of halogens is 1. The van der Waals surface area contributed by atoms with Crippen LogP contribution in [0.1, 0.15) is 12.1 Å². The Morgan fingerprint density at radius 1 is 1.33 bits per heavy atom. The summed E-state index contributed by atoms with van der Waals surface area (Å²) in [6.45, 7) is 1.04. The highest BCUT2D eigenvalue weighted by molar-refractivity contribution is 6.31. The van der Waals surface area contributed by atoms with E-state index in [2.05, 4.69) is 16.4 Å². The van der Waals surface area contributed by atoms with Crippen LogP contribution in [0.5, 0.6) is 0 Å². The van der Waals surface area contributed by atoms with E-state index >= 15 is 0 Å². The van der Waals surface area contributed by atoms with Crippen molar-refractivity contribution in [3.8, 4) is 0 Å². The second kappa shape index (κ2) is 3.38. The topological polar surface area (TPSA) is 24.9 Å². The van der Waals surface area contributed by atoms with E-state index < -0.39 is 0 Å². The van der Waals surface area contributed by atoms with Crippen molar-refractivity contribution in [3.05, 3.63) is 35.1 Å². The molecule has 1 aliphatic heterocycles. The standard InChI is InChI=1S/C12H11ClN2/c13-9-3-4-10-8(6-9)7-15-11-2-1-5-14-12(10)11/h3-4,6-7,14H,1-2,5H2. The fourth-order valence-electron chi connectivity index (χ4n) is 2.09. The Morgan fingerprint density at radius 2 is 2.27 bits per heavy atom. The second-order valence-corrected chi connectivity index (χ2v) is 4.28. The van der Waals surface area contributed by atoms with Crippen LogP contribution in [0.3, 0.4) is 0 Å². The van der Waals surface area contributed by atoms with Gasteiger partial charge in [0.1, 0.15) is 0 Å². The molecule has 1 aliphatic rings. The van der Waals surface area contributed by atoms with Crippen LogP contribution in [0.15, 0.2) is 24.4 Å². The lowest BCUT2D eigenvalue weighted by Gasteiger charge is -2.18. The maximum absolute atomic E-state index is 5.95. The summed E-state index contributed by atoms with van der Waals surface area (Å²) in [5.74, 6) is 0. The number of hydrogen-bond donors (Lipinski definition) is 1. The van der Waals surface area contributed by atoms with Crippen molar-refractivity contribution in [2.45, 2.75) is 12.8 Å². The molecule has 0 saturated carbocycles. The first kappa shape index (κ1) is 8.98. The smallest absolute Gasteiger partial charge is 0.0641 e. The SMILES string of the molecule is Clc1ccc2c3c(ncc2c1)CCCN3. The van der Waals surface area contributed by atoms with Gasteiger partial charge >= 0.3 is 0 Å². The Kier molecular flexibility index (Phi) is 2.03. The van der Waals surface area contributed by atoms with Gasteiger partial charge < -0.3 is 5.32 Å². The molecule has 0 radical (unpaired) electrons. The molecule has 0 unspecified atom stereocenters. The van der Waals surface area contributed by atoms with Gasteiger partial charge in [0, 0.05) is 28.5 Å². The molecular weight excluding hydrogens is 208 g/mol. The van der Waals surface area contributed by atoms with Gasteiger partial charge in [-0.15, -0.1) is 0 Å². The van der Waals surface area contributed by atoms with Crippen LogP contribution >= 0.6 is 11.6 Å². The zero-order valence-electron chi connectivity index (χ0n) is 8.26. The molecule has 1 aromatic carbocycles. The summed E-state index contributed by atoms with van der Waals surface area (Å²) >= 11 is 5.95. The molecule has 3 rings (SSSR count). The van der Waals surface area contributed by atoms with Crippen molar-refractivity contribution < 1.29 is 0 Å². The first-order valence-electron chi connectivity index (χ1n) is 5.15. The van der Waals surface area contributed by atoms with Crippen LogP contribution in [-0.4, -0.2) is 11.5 Å². The van der Waals surface area contributed by atoms with E-state index in [0.29, 0.717) is 0 Å². The number of rotatable bonds is 0. The predicted octanol–water partition coefficient (Wildman–Crippen LogP) is 3.25. The van der Waals surface area contributed by atoms with E-state index in [-0.39, 0.29) is 0 Å². The molecule has 0 atom stereocenters. The summed E-state index contributed by atoms with van der Waals surface area (Å²) in [7, 11) is 0. The summed E-state index contributed by atoms with van der Waals surface area (Å²) in [6.07, 6.45) is 4.15.